The van der Waals surface area contributed by atoms with E-state index in [4.69, 9.17) is 20.0 Å². The van der Waals surface area contributed by atoms with Crippen molar-refractivity contribution in [1.29, 1.82) is 10.5 Å². The molecule has 0 heterocycles. The lowest BCUT2D eigenvalue weighted by Crippen LogP contribution is -2.18. The van der Waals surface area contributed by atoms with Gasteiger partial charge in [0.05, 0.1) is 0 Å². The predicted molar refractivity (Wildman–Crippen MR) is 81.1 cm³/mol. The van der Waals surface area contributed by atoms with Gasteiger partial charge in [0, 0.05) is 0 Å². The summed E-state index contributed by atoms with van der Waals surface area (Å²) >= 11 is 0. The lowest BCUT2D eigenvalue weighted by Gasteiger charge is -2.31. The van der Waals surface area contributed by atoms with E-state index in [-0.39, 0.29) is 18.6 Å². The third-order valence-electron chi connectivity index (χ3n) is 4.14. The molecule has 0 radical (unpaired) electrons. The summed E-state index contributed by atoms with van der Waals surface area (Å²) in [6, 6.07) is 9.58. The van der Waals surface area contributed by atoms with Gasteiger partial charge in [0.15, 0.2) is 24.7 Å². The summed E-state index contributed by atoms with van der Waals surface area (Å²) in [6.45, 7) is 8.73. The molecule has 0 amide bonds. The standard InChI is InChI=1S/C17H22N2O2/c1-5-17(3,4)13(2)14-6-7-15(20-10-8-18)16(12-14)21-11-9-19/h6-7,12-13H,5,10-11H2,1-4H3. The van der Waals surface area contributed by atoms with E-state index < -0.39 is 0 Å². The van der Waals surface area contributed by atoms with Crippen LogP contribution in [-0.2, 0) is 0 Å². The largest absolute Gasteiger partial charge is 0.475 e. The van der Waals surface area contributed by atoms with Crippen LogP contribution in [0.5, 0.6) is 11.5 Å². The summed E-state index contributed by atoms with van der Waals surface area (Å²) < 4.78 is 10.8. The van der Waals surface area contributed by atoms with E-state index in [1.165, 1.54) is 0 Å². The molecule has 0 aliphatic rings. The number of hydrogen-bond acceptors (Lipinski definition) is 4. The Morgan fingerprint density at radius 3 is 2.19 bits per heavy atom. The van der Waals surface area contributed by atoms with Gasteiger partial charge in [-0.2, -0.15) is 10.5 Å². The Hall–Kier alpha value is -2.20. The SMILES string of the molecule is CCC(C)(C)C(C)c1ccc(OCC#N)c(OCC#N)c1. The van der Waals surface area contributed by atoms with Crippen LogP contribution >= 0.6 is 0 Å². The lowest BCUT2D eigenvalue weighted by molar-refractivity contribution is 0.285. The maximum atomic E-state index is 8.67. The zero-order valence-electron chi connectivity index (χ0n) is 13.1. The van der Waals surface area contributed by atoms with Gasteiger partial charge in [-0.1, -0.05) is 40.2 Å². The molecule has 1 atom stereocenters. The molecule has 0 saturated carbocycles. The number of nitrogens with zero attached hydrogens (tertiary/aromatic N) is 2. The van der Waals surface area contributed by atoms with E-state index in [2.05, 4.69) is 27.7 Å². The number of nitriles is 2. The first-order chi connectivity index (χ1) is 9.96. The quantitative estimate of drug-likeness (QED) is 0.759. The summed E-state index contributed by atoms with van der Waals surface area (Å²) in [5.74, 6) is 1.36. The first kappa shape index (κ1) is 16.9. The highest BCUT2D eigenvalue weighted by atomic mass is 16.5. The smallest absolute Gasteiger partial charge is 0.174 e. The third kappa shape index (κ3) is 4.39. The number of ether oxygens (including phenoxy) is 2. The number of benzene rings is 1. The van der Waals surface area contributed by atoms with Crippen LogP contribution in [0, 0.1) is 28.1 Å². The van der Waals surface area contributed by atoms with Crippen LogP contribution in [0.25, 0.3) is 0 Å². The van der Waals surface area contributed by atoms with Crippen molar-refractivity contribution in [3.05, 3.63) is 23.8 Å². The van der Waals surface area contributed by atoms with Crippen molar-refractivity contribution in [3.63, 3.8) is 0 Å². The molecule has 4 nitrogen and oxygen atoms in total. The van der Waals surface area contributed by atoms with E-state index in [1.807, 2.05) is 30.3 Å². The highest BCUT2D eigenvalue weighted by Gasteiger charge is 2.26. The average Bonchev–Trinajstić information content (AvgIpc) is 2.50. The molecule has 0 N–H and O–H groups in total. The fourth-order valence-electron chi connectivity index (χ4n) is 2.00. The molecule has 1 aromatic rings. The van der Waals surface area contributed by atoms with Crippen molar-refractivity contribution in [1.82, 2.24) is 0 Å². The second kappa shape index (κ2) is 7.55. The molecule has 0 saturated heterocycles. The maximum Gasteiger partial charge on any atom is 0.174 e. The van der Waals surface area contributed by atoms with Crippen molar-refractivity contribution in [3.8, 4) is 23.6 Å². The van der Waals surface area contributed by atoms with Gasteiger partial charge in [-0.05, 0) is 29.0 Å². The first-order valence-corrected chi connectivity index (χ1v) is 7.09. The Morgan fingerprint density at radius 2 is 1.67 bits per heavy atom. The van der Waals surface area contributed by atoms with Gasteiger partial charge in [0.2, 0.25) is 0 Å². The molecule has 1 aromatic carbocycles. The minimum absolute atomic E-state index is 0.0434. The normalized spacial score (nSPS) is 12.1. The van der Waals surface area contributed by atoms with Crippen molar-refractivity contribution in [2.75, 3.05) is 13.2 Å². The fourth-order valence-corrected chi connectivity index (χ4v) is 2.00. The molecule has 4 heteroatoms. The summed E-state index contributed by atoms with van der Waals surface area (Å²) in [6.07, 6.45) is 1.06. The van der Waals surface area contributed by atoms with E-state index in [0.717, 1.165) is 12.0 Å². The Morgan fingerprint density at radius 1 is 1.10 bits per heavy atom. The third-order valence-corrected chi connectivity index (χ3v) is 4.14. The molecule has 0 fully saturated rings. The average molecular weight is 286 g/mol. The topological polar surface area (TPSA) is 66.0 Å². The van der Waals surface area contributed by atoms with E-state index in [1.54, 1.807) is 0 Å². The van der Waals surface area contributed by atoms with Gasteiger partial charge in [0.1, 0.15) is 12.1 Å². The Bertz CT molecular complexity index is 553. The van der Waals surface area contributed by atoms with Crippen LogP contribution in [0.2, 0.25) is 0 Å². The minimum Gasteiger partial charge on any atom is -0.475 e. The van der Waals surface area contributed by atoms with E-state index >= 15 is 0 Å². The lowest BCUT2D eigenvalue weighted by atomic mass is 9.74. The van der Waals surface area contributed by atoms with Crippen molar-refractivity contribution < 1.29 is 9.47 Å². The van der Waals surface area contributed by atoms with Gasteiger partial charge in [0.25, 0.3) is 0 Å². The van der Waals surface area contributed by atoms with Crippen LogP contribution in [0.15, 0.2) is 18.2 Å². The van der Waals surface area contributed by atoms with Gasteiger partial charge in [-0.25, -0.2) is 0 Å². The van der Waals surface area contributed by atoms with Crippen molar-refractivity contribution in [2.24, 2.45) is 5.41 Å². The zero-order valence-corrected chi connectivity index (χ0v) is 13.1. The molecule has 0 spiro atoms. The second-order valence-electron chi connectivity index (χ2n) is 5.66. The van der Waals surface area contributed by atoms with Crippen LogP contribution in [0.4, 0.5) is 0 Å². The molecular formula is C17H22N2O2. The second-order valence-corrected chi connectivity index (χ2v) is 5.66. The van der Waals surface area contributed by atoms with Crippen LogP contribution in [-0.4, -0.2) is 13.2 Å². The van der Waals surface area contributed by atoms with E-state index in [9.17, 15) is 0 Å². The molecule has 0 aliphatic carbocycles. The van der Waals surface area contributed by atoms with Crippen molar-refractivity contribution in [2.45, 2.75) is 40.0 Å². The first-order valence-electron chi connectivity index (χ1n) is 7.09. The Balaban J connectivity index is 3.09. The van der Waals surface area contributed by atoms with E-state index in [0.29, 0.717) is 17.4 Å². The minimum atomic E-state index is -0.0437. The molecule has 0 aromatic heterocycles. The monoisotopic (exact) mass is 286 g/mol. The molecule has 0 aliphatic heterocycles. The zero-order chi connectivity index (χ0) is 15.9. The van der Waals surface area contributed by atoms with Gasteiger partial charge >= 0.3 is 0 Å². The molecule has 1 unspecified atom stereocenters. The summed E-state index contributed by atoms with van der Waals surface area (Å²) in [7, 11) is 0. The summed E-state index contributed by atoms with van der Waals surface area (Å²) in [5.41, 5.74) is 1.31. The Labute approximate surface area is 126 Å². The Kier molecular flexibility index (Phi) is 6.06. The van der Waals surface area contributed by atoms with Crippen LogP contribution in [0.1, 0.15) is 45.6 Å². The number of rotatable bonds is 7. The van der Waals surface area contributed by atoms with Crippen molar-refractivity contribution >= 4 is 0 Å². The predicted octanol–water partition coefficient (Wildman–Crippen LogP) is 4.03. The molecular weight excluding hydrogens is 264 g/mol. The maximum absolute atomic E-state index is 8.67. The number of hydrogen-bond donors (Lipinski definition) is 0. The molecule has 112 valence electrons. The molecule has 0 bridgehead atoms. The summed E-state index contributed by atoms with van der Waals surface area (Å²) in [4.78, 5) is 0. The van der Waals surface area contributed by atoms with Gasteiger partial charge in [-0.15, -0.1) is 0 Å². The van der Waals surface area contributed by atoms with Gasteiger partial charge in [-0.3, -0.25) is 0 Å². The summed E-state index contributed by atoms with van der Waals surface area (Å²) in [5, 5.41) is 17.3. The molecule has 21 heavy (non-hydrogen) atoms. The highest BCUT2D eigenvalue weighted by molar-refractivity contribution is 5.44. The fraction of sp³-hybridized carbons (Fsp3) is 0.529. The van der Waals surface area contributed by atoms with Crippen LogP contribution in [0.3, 0.4) is 0 Å². The van der Waals surface area contributed by atoms with Crippen LogP contribution < -0.4 is 9.47 Å². The van der Waals surface area contributed by atoms with Gasteiger partial charge < -0.3 is 9.47 Å². The highest BCUT2D eigenvalue weighted by Crippen LogP contribution is 2.40. The molecule has 1 rings (SSSR count).